The van der Waals surface area contributed by atoms with Crippen molar-refractivity contribution in [1.82, 2.24) is 10.6 Å². The van der Waals surface area contributed by atoms with Gasteiger partial charge in [0.2, 0.25) is 5.91 Å². The van der Waals surface area contributed by atoms with Crippen LogP contribution in [0, 0.1) is 23.2 Å². The topological polar surface area (TPSA) is 84.5 Å². The Morgan fingerprint density at radius 3 is 2.07 bits per heavy atom. The van der Waals surface area contributed by atoms with E-state index in [0.29, 0.717) is 17.8 Å². The lowest BCUT2D eigenvalue weighted by Crippen LogP contribution is -2.54. The van der Waals surface area contributed by atoms with Crippen molar-refractivity contribution in [1.29, 1.82) is 0 Å². The van der Waals surface area contributed by atoms with Crippen LogP contribution in [0.25, 0.3) is 0 Å². The van der Waals surface area contributed by atoms with Crippen molar-refractivity contribution in [2.45, 2.75) is 76.7 Å². The molecule has 0 aliphatic heterocycles. The van der Waals surface area contributed by atoms with Gasteiger partial charge in [-0.25, -0.2) is 0 Å². The summed E-state index contributed by atoms with van der Waals surface area (Å²) in [7, 11) is 0. The smallest absolute Gasteiger partial charge is 0.325 e. The van der Waals surface area contributed by atoms with Crippen LogP contribution in [0.1, 0.15) is 70.6 Å². The molecule has 0 aromatic heterocycles. The van der Waals surface area contributed by atoms with E-state index in [1.165, 1.54) is 25.7 Å². The molecule has 0 aromatic carbocycles. The third-order valence-corrected chi connectivity index (χ3v) is 7.25. The Bertz CT molecular complexity index is 562. The van der Waals surface area contributed by atoms with E-state index in [0.717, 1.165) is 44.9 Å². The second kappa shape index (κ2) is 7.80. The lowest BCUT2D eigenvalue weighted by Gasteiger charge is -2.55. The molecule has 6 nitrogen and oxygen atoms in total. The Hall–Kier alpha value is -1.59. The minimum absolute atomic E-state index is 0.0187. The minimum Gasteiger partial charge on any atom is -0.454 e. The van der Waals surface area contributed by atoms with Gasteiger partial charge < -0.3 is 15.4 Å². The van der Waals surface area contributed by atoms with Gasteiger partial charge in [0.05, 0.1) is 0 Å². The zero-order valence-corrected chi connectivity index (χ0v) is 16.1. The molecule has 27 heavy (non-hydrogen) atoms. The number of nitrogens with one attached hydrogen (secondary N) is 2. The monoisotopic (exact) mass is 376 g/mol. The van der Waals surface area contributed by atoms with Crippen LogP contribution in [0.4, 0.5) is 0 Å². The number of carbonyl (C=O) groups excluding carboxylic acids is 3. The molecule has 5 aliphatic rings. The third kappa shape index (κ3) is 4.30. The number of hydrogen-bond acceptors (Lipinski definition) is 4. The second-order valence-corrected chi connectivity index (χ2v) is 9.44. The van der Waals surface area contributed by atoms with Crippen LogP contribution in [0.2, 0.25) is 0 Å². The summed E-state index contributed by atoms with van der Waals surface area (Å²) < 4.78 is 5.05. The van der Waals surface area contributed by atoms with Crippen LogP contribution < -0.4 is 10.6 Å². The van der Waals surface area contributed by atoms with Gasteiger partial charge in [-0.05, 0) is 69.1 Å². The molecule has 0 saturated heterocycles. The van der Waals surface area contributed by atoms with E-state index in [4.69, 9.17) is 4.74 Å². The lowest BCUT2D eigenvalue weighted by molar-refractivity contribution is -0.152. The van der Waals surface area contributed by atoms with Gasteiger partial charge in [0, 0.05) is 11.5 Å². The molecule has 0 unspecified atom stereocenters. The highest BCUT2D eigenvalue weighted by Gasteiger charge is 2.54. The summed E-state index contributed by atoms with van der Waals surface area (Å²) in [6.07, 6.45) is 12.3. The summed E-state index contributed by atoms with van der Waals surface area (Å²) in [6, 6.07) is 0.209. The van der Waals surface area contributed by atoms with E-state index in [1.54, 1.807) is 0 Å². The standard InChI is InChI=1S/C21H32N2O4/c24-18(23-17-4-2-1-3-5-17)13-27-19(25)12-22-20(26)21-9-14-6-15(10-21)8-16(7-14)11-21/h14-17H,1-13H2,(H,22,26)(H,23,24). The average molecular weight is 376 g/mol. The maximum absolute atomic E-state index is 12.8. The average Bonchev–Trinajstić information content (AvgIpc) is 2.64. The molecule has 5 fully saturated rings. The maximum atomic E-state index is 12.8. The molecule has 0 spiro atoms. The van der Waals surface area contributed by atoms with E-state index in [1.807, 2.05) is 0 Å². The SMILES string of the molecule is O=C(COC(=O)CNC(=O)C12CC3CC(CC(C3)C1)C2)NC1CCCCC1. The summed E-state index contributed by atoms with van der Waals surface area (Å²) in [5.74, 6) is 1.31. The van der Waals surface area contributed by atoms with Gasteiger partial charge in [0.15, 0.2) is 6.61 Å². The maximum Gasteiger partial charge on any atom is 0.325 e. The first-order chi connectivity index (χ1) is 13.0. The first kappa shape index (κ1) is 18.8. The summed E-state index contributed by atoms with van der Waals surface area (Å²) in [6.45, 7) is -0.403. The third-order valence-electron chi connectivity index (χ3n) is 7.25. The molecular weight excluding hydrogens is 344 g/mol. The van der Waals surface area contributed by atoms with Crippen LogP contribution >= 0.6 is 0 Å². The van der Waals surface area contributed by atoms with Crippen LogP contribution in [0.3, 0.4) is 0 Å². The second-order valence-electron chi connectivity index (χ2n) is 9.44. The largest absolute Gasteiger partial charge is 0.454 e. The quantitative estimate of drug-likeness (QED) is 0.697. The van der Waals surface area contributed by atoms with Crippen molar-refractivity contribution < 1.29 is 19.1 Å². The molecule has 0 heterocycles. The normalized spacial score (nSPS) is 34.9. The van der Waals surface area contributed by atoms with Crippen LogP contribution in [0.5, 0.6) is 0 Å². The van der Waals surface area contributed by atoms with Crippen molar-refractivity contribution in [2.75, 3.05) is 13.2 Å². The fourth-order valence-corrected chi connectivity index (χ4v) is 6.44. The highest BCUT2D eigenvalue weighted by molar-refractivity contribution is 5.87. The van der Waals surface area contributed by atoms with Crippen molar-refractivity contribution in [3.63, 3.8) is 0 Å². The molecule has 0 aromatic rings. The van der Waals surface area contributed by atoms with Crippen LogP contribution in [-0.2, 0) is 19.1 Å². The van der Waals surface area contributed by atoms with Crippen molar-refractivity contribution >= 4 is 17.8 Å². The molecule has 2 N–H and O–H groups in total. The number of rotatable bonds is 6. The van der Waals surface area contributed by atoms with Gasteiger partial charge in [-0.15, -0.1) is 0 Å². The number of amides is 2. The van der Waals surface area contributed by atoms with Crippen LogP contribution in [0.15, 0.2) is 0 Å². The fourth-order valence-electron chi connectivity index (χ4n) is 6.44. The molecular formula is C21H32N2O4. The Labute approximate surface area is 161 Å². The Kier molecular flexibility index (Phi) is 5.42. The van der Waals surface area contributed by atoms with Crippen LogP contribution in [-0.4, -0.2) is 37.0 Å². The molecule has 5 rings (SSSR count). The minimum atomic E-state index is -0.535. The molecule has 4 bridgehead atoms. The first-order valence-corrected chi connectivity index (χ1v) is 10.8. The van der Waals surface area contributed by atoms with E-state index in [2.05, 4.69) is 10.6 Å². The van der Waals surface area contributed by atoms with Gasteiger partial charge in [0.1, 0.15) is 6.54 Å². The van der Waals surface area contributed by atoms with Gasteiger partial charge in [-0.3, -0.25) is 14.4 Å². The summed E-state index contributed by atoms with van der Waals surface area (Å²) in [4.78, 5) is 36.7. The van der Waals surface area contributed by atoms with Gasteiger partial charge in [0.25, 0.3) is 5.91 Å². The zero-order valence-electron chi connectivity index (χ0n) is 16.1. The predicted molar refractivity (Wildman–Crippen MR) is 99.6 cm³/mol. The Morgan fingerprint density at radius 1 is 0.889 bits per heavy atom. The number of ether oxygens (including phenoxy) is 1. The van der Waals surface area contributed by atoms with E-state index in [-0.39, 0.29) is 36.4 Å². The highest BCUT2D eigenvalue weighted by Crippen LogP contribution is 2.60. The van der Waals surface area contributed by atoms with E-state index in [9.17, 15) is 14.4 Å². The Balaban J connectivity index is 1.18. The lowest BCUT2D eigenvalue weighted by atomic mass is 9.49. The van der Waals surface area contributed by atoms with Crippen molar-refractivity contribution in [3.8, 4) is 0 Å². The summed E-state index contributed by atoms with van der Waals surface area (Å²) >= 11 is 0. The molecule has 5 aliphatic carbocycles. The molecule has 5 saturated carbocycles. The fraction of sp³-hybridized carbons (Fsp3) is 0.857. The Morgan fingerprint density at radius 2 is 1.48 bits per heavy atom. The molecule has 0 radical (unpaired) electrons. The first-order valence-electron chi connectivity index (χ1n) is 10.8. The van der Waals surface area contributed by atoms with Crippen molar-refractivity contribution in [2.24, 2.45) is 23.2 Å². The number of hydrogen-bond donors (Lipinski definition) is 2. The number of carbonyl (C=O) groups is 3. The summed E-state index contributed by atoms with van der Waals surface area (Å²) in [5.41, 5.74) is -0.257. The summed E-state index contributed by atoms with van der Waals surface area (Å²) in [5, 5.41) is 5.72. The van der Waals surface area contributed by atoms with Crippen molar-refractivity contribution in [3.05, 3.63) is 0 Å². The van der Waals surface area contributed by atoms with E-state index >= 15 is 0 Å². The molecule has 6 heteroatoms. The predicted octanol–water partition coefficient (Wildman–Crippen LogP) is 2.31. The highest BCUT2D eigenvalue weighted by atomic mass is 16.5. The number of esters is 1. The van der Waals surface area contributed by atoms with Gasteiger partial charge in [-0.2, -0.15) is 0 Å². The van der Waals surface area contributed by atoms with Gasteiger partial charge >= 0.3 is 5.97 Å². The molecule has 0 atom stereocenters. The molecule has 2 amide bonds. The molecule has 150 valence electrons. The van der Waals surface area contributed by atoms with E-state index < -0.39 is 5.97 Å². The zero-order chi connectivity index (χ0) is 18.9. The van der Waals surface area contributed by atoms with Gasteiger partial charge in [-0.1, -0.05) is 19.3 Å².